The highest BCUT2D eigenvalue weighted by molar-refractivity contribution is 7.80. The standard InChI is InChI=1S/C12H15NO3S/c14-10(3-4-17)12(16)8-2-1-7-6-11(15)13-9(7)5-8/h1-2,5,10,12,14,16-17H,3-4,6H2,(H,13,15). The number of fused-ring (bicyclic) bond motifs is 1. The summed E-state index contributed by atoms with van der Waals surface area (Å²) in [6.45, 7) is 0. The topological polar surface area (TPSA) is 69.6 Å². The van der Waals surface area contributed by atoms with Gasteiger partial charge in [-0.1, -0.05) is 12.1 Å². The van der Waals surface area contributed by atoms with E-state index >= 15 is 0 Å². The number of hydrogen-bond acceptors (Lipinski definition) is 4. The van der Waals surface area contributed by atoms with Crippen molar-refractivity contribution in [3.8, 4) is 0 Å². The van der Waals surface area contributed by atoms with Crippen LogP contribution < -0.4 is 5.32 Å². The van der Waals surface area contributed by atoms with Crippen LogP contribution in [0.3, 0.4) is 0 Å². The maximum Gasteiger partial charge on any atom is 0.228 e. The summed E-state index contributed by atoms with van der Waals surface area (Å²) in [5, 5.41) is 22.3. The highest BCUT2D eigenvalue weighted by atomic mass is 32.1. The fourth-order valence-electron chi connectivity index (χ4n) is 1.93. The van der Waals surface area contributed by atoms with Crippen LogP contribution in [-0.2, 0) is 11.2 Å². The number of amides is 1. The van der Waals surface area contributed by atoms with Gasteiger partial charge in [-0.15, -0.1) is 0 Å². The van der Waals surface area contributed by atoms with E-state index < -0.39 is 12.2 Å². The van der Waals surface area contributed by atoms with Crippen LogP contribution in [0.5, 0.6) is 0 Å². The van der Waals surface area contributed by atoms with Crippen molar-refractivity contribution >= 4 is 24.2 Å². The molecular weight excluding hydrogens is 238 g/mol. The lowest BCUT2D eigenvalue weighted by molar-refractivity contribution is -0.115. The largest absolute Gasteiger partial charge is 0.390 e. The molecule has 0 saturated heterocycles. The molecule has 1 amide bonds. The van der Waals surface area contributed by atoms with E-state index in [1.165, 1.54) is 0 Å². The Hall–Kier alpha value is -1.04. The Balaban J connectivity index is 2.18. The first-order valence-electron chi connectivity index (χ1n) is 5.51. The molecule has 92 valence electrons. The Morgan fingerprint density at radius 2 is 2.18 bits per heavy atom. The second-order valence-electron chi connectivity index (χ2n) is 4.17. The quantitative estimate of drug-likeness (QED) is 0.603. The van der Waals surface area contributed by atoms with Gasteiger partial charge >= 0.3 is 0 Å². The number of benzene rings is 1. The van der Waals surface area contributed by atoms with Gasteiger partial charge in [0.15, 0.2) is 0 Å². The van der Waals surface area contributed by atoms with Gasteiger partial charge in [0.05, 0.1) is 12.5 Å². The van der Waals surface area contributed by atoms with Crippen LogP contribution >= 0.6 is 12.6 Å². The van der Waals surface area contributed by atoms with Crippen LogP contribution in [-0.4, -0.2) is 28.0 Å². The van der Waals surface area contributed by atoms with Gasteiger partial charge in [-0.2, -0.15) is 12.6 Å². The summed E-state index contributed by atoms with van der Waals surface area (Å²) in [6, 6.07) is 5.26. The molecule has 4 nitrogen and oxygen atoms in total. The minimum absolute atomic E-state index is 0.0393. The monoisotopic (exact) mass is 253 g/mol. The van der Waals surface area contributed by atoms with E-state index in [-0.39, 0.29) is 5.91 Å². The lowest BCUT2D eigenvalue weighted by atomic mass is 10.0. The number of rotatable bonds is 4. The minimum atomic E-state index is -0.940. The van der Waals surface area contributed by atoms with Crippen molar-refractivity contribution in [2.45, 2.75) is 25.0 Å². The third-order valence-corrected chi connectivity index (χ3v) is 3.15. The van der Waals surface area contributed by atoms with Crippen LogP contribution in [0.25, 0.3) is 0 Å². The number of hydrogen-bond donors (Lipinski definition) is 4. The van der Waals surface area contributed by atoms with E-state index in [2.05, 4.69) is 17.9 Å². The normalized spacial score (nSPS) is 17.5. The van der Waals surface area contributed by atoms with E-state index in [1.807, 2.05) is 0 Å². The molecular formula is C12H15NO3S. The molecule has 0 saturated carbocycles. The van der Waals surface area contributed by atoms with Crippen molar-refractivity contribution in [3.63, 3.8) is 0 Å². The van der Waals surface area contributed by atoms with Gasteiger partial charge in [-0.25, -0.2) is 0 Å². The van der Waals surface area contributed by atoms with Gasteiger partial charge in [0, 0.05) is 5.69 Å². The number of aliphatic hydroxyl groups excluding tert-OH is 2. The SMILES string of the molecule is O=C1Cc2ccc(C(O)C(O)CCS)cc2N1. The number of carbonyl (C=O) groups excluding carboxylic acids is 1. The van der Waals surface area contributed by atoms with Crippen LogP contribution in [0.1, 0.15) is 23.7 Å². The zero-order valence-electron chi connectivity index (χ0n) is 9.26. The summed E-state index contributed by atoms with van der Waals surface area (Å²) in [5.74, 6) is 0.474. The van der Waals surface area contributed by atoms with Crippen LogP contribution in [0.2, 0.25) is 0 Å². The van der Waals surface area contributed by atoms with Gasteiger partial charge in [-0.3, -0.25) is 4.79 Å². The number of aliphatic hydroxyl groups is 2. The Bertz CT molecular complexity index is 436. The van der Waals surface area contributed by atoms with Gasteiger partial charge in [0.2, 0.25) is 5.91 Å². The second-order valence-corrected chi connectivity index (χ2v) is 4.61. The molecule has 0 aliphatic carbocycles. The summed E-state index contributed by atoms with van der Waals surface area (Å²) in [4.78, 5) is 11.2. The molecule has 0 aromatic heterocycles. The van der Waals surface area contributed by atoms with Crippen LogP contribution in [0, 0.1) is 0 Å². The number of thiol groups is 1. The number of anilines is 1. The van der Waals surface area contributed by atoms with E-state index in [9.17, 15) is 15.0 Å². The summed E-state index contributed by atoms with van der Waals surface area (Å²) in [7, 11) is 0. The third kappa shape index (κ3) is 2.62. The van der Waals surface area contributed by atoms with Crippen molar-refractivity contribution < 1.29 is 15.0 Å². The average Bonchev–Trinajstić information content (AvgIpc) is 2.67. The highest BCUT2D eigenvalue weighted by Crippen LogP contribution is 2.28. The molecule has 1 aromatic rings. The summed E-state index contributed by atoms with van der Waals surface area (Å²) in [6.07, 6.45) is -0.967. The fourth-order valence-corrected chi connectivity index (χ4v) is 2.19. The average molecular weight is 253 g/mol. The number of carbonyl (C=O) groups is 1. The molecule has 1 aromatic carbocycles. The molecule has 0 fully saturated rings. The Kier molecular flexibility index (Phi) is 3.71. The zero-order valence-corrected chi connectivity index (χ0v) is 10.2. The van der Waals surface area contributed by atoms with Crippen molar-refractivity contribution in [2.24, 2.45) is 0 Å². The molecule has 2 atom stereocenters. The maximum atomic E-state index is 11.2. The summed E-state index contributed by atoms with van der Waals surface area (Å²) < 4.78 is 0. The Morgan fingerprint density at radius 1 is 1.41 bits per heavy atom. The van der Waals surface area contributed by atoms with E-state index in [0.717, 1.165) is 11.3 Å². The predicted octanol–water partition coefficient (Wildman–Crippen LogP) is 0.895. The summed E-state index contributed by atoms with van der Waals surface area (Å²) in [5.41, 5.74) is 2.26. The van der Waals surface area contributed by atoms with Gasteiger partial charge in [0.1, 0.15) is 6.10 Å². The predicted molar refractivity (Wildman–Crippen MR) is 68.2 cm³/mol. The lowest BCUT2D eigenvalue weighted by Crippen LogP contribution is -2.18. The van der Waals surface area contributed by atoms with Gasteiger partial charge in [0.25, 0.3) is 0 Å². The fraction of sp³-hybridized carbons (Fsp3) is 0.417. The Morgan fingerprint density at radius 3 is 2.88 bits per heavy atom. The van der Waals surface area contributed by atoms with E-state index in [0.29, 0.717) is 24.2 Å². The van der Waals surface area contributed by atoms with Crippen LogP contribution in [0.15, 0.2) is 18.2 Å². The smallest absolute Gasteiger partial charge is 0.228 e. The lowest BCUT2D eigenvalue weighted by Gasteiger charge is -2.18. The van der Waals surface area contributed by atoms with Crippen molar-refractivity contribution in [1.29, 1.82) is 0 Å². The highest BCUT2D eigenvalue weighted by Gasteiger charge is 2.22. The maximum absolute atomic E-state index is 11.2. The molecule has 3 N–H and O–H groups in total. The van der Waals surface area contributed by atoms with Crippen molar-refractivity contribution in [1.82, 2.24) is 0 Å². The molecule has 2 rings (SSSR count). The first-order valence-corrected chi connectivity index (χ1v) is 6.14. The second kappa shape index (κ2) is 5.08. The molecule has 5 heteroatoms. The minimum Gasteiger partial charge on any atom is -0.390 e. The molecule has 0 radical (unpaired) electrons. The molecule has 0 spiro atoms. The van der Waals surface area contributed by atoms with Crippen molar-refractivity contribution in [3.05, 3.63) is 29.3 Å². The van der Waals surface area contributed by atoms with Crippen LogP contribution in [0.4, 0.5) is 5.69 Å². The molecule has 0 bridgehead atoms. The van der Waals surface area contributed by atoms with Gasteiger partial charge < -0.3 is 15.5 Å². The number of nitrogens with one attached hydrogen (secondary N) is 1. The van der Waals surface area contributed by atoms with Crippen molar-refractivity contribution in [2.75, 3.05) is 11.1 Å². The third-order valence-electron chi connectivity index (χ3n) is 2.89. The first kappa shape index (κ1) is 12.4. The molecule has 1 heterocycles. The van der Waals surface area contributed by atoms with Gasteiger partial charge in [-0.05, 0) is 29.4 Å². The Labute approximate surface area is 105 Å². The molecule has 17 heavy (non-hydrogen) atoms. The summed E-state index contributed by atoms with van der Waals surface area (Å²) >= 11 is 4.02. The van der Waals surface area contributed by atoms with E-state index in [1.54, 1.807) is 18.2 Å². The zero-order chi connectivity index (χ0) is 12.4. The first-order chi connectivity index (χ1) is 8.11. The molecule has 2 unspecified atom stereocenters. The molecule has 1 aliphatic heterocycles. The van der Waals surface area contributed by atoms with E-state index in [4.69, 9.17) is 0 Å². The molecule has 1 aliphatic rings.